The van der Waals surface area contributed by atoms with Crippen LogP contribution in [0.4, 0.5) is 13.2 Å². The second-order valence-electron chi connectivity index (χ2n) is 8.22. The average molecular weight is 487 g/mol. The average Bonchev–Trinajstić information content (AvgIpc) is 2.83. The number of alkyl halides is 2. The van der Waals surface area contributed by atoms with Crippen LogP contribution in [0.5, 0.6) is 5.75 Å². The number of hydrogen-bond donors (Lipinski definition) is 2. The lowest BCUT2D eigenvalue weighted by atomic mass is 9.97. The summed E-state index contributed by atoms with van der Waals surface area (Å²) >= 11 is 0. The maximum absolute atomic E-state index is 15.2. The number of H-pyrrole nitrogens is 1. The van der Waals surface area contributed by atoms with Gasteiger partial charge in [-0.05, 0) is 43.5 Å². The van der Waals surface area contributed by atoms with E-state index in [0.29, 0.717) is 25.2 Å². The standard InChI is InChI=1S/C24H24F3N5O3/c1-12-16(4-5-17(29-12)23(34)28-3)14-6-8-32(9-7-14)11-15-10-18(35-24(26)27)20-21(19(15)25)31-22(33)13(2)30-20/h4-6,10,24H,7-9,11H2,1-3H3,(H,28,34)(H,31,33). The third-order valence-electron chi connectivity index (χ3n) is 5.92. The smallest absolute Gasteiger partial charge is 0.387 e. The van der Waals surface area contributed by atoms with Gasteiger partial charge in [-0.3, -0.25) is 14.5 Å². The number of pyridine rings is 1. The van der Waals surface area contributed by atoms with Gasteiger partial charge in [-0.1, -0.05) is 12.1 Å². The summed E-state index contributed by atoms with van der Waals surface area (Å²) in [7, 11) is 1.54. The quantitative estimate of drug-likeness (QED) is 0.553. The van der Waals surface area contributed by atoms with E-state index in [1.807, 2.05) is 24.0 Å². The molecule has 0 fully saturated rings. The summed E-state index contributed by atoms with van der Waals surface area (Å²) in [5, 5.41) is 2.54. The summed E-state index contributed by atoms with van der Waals surface area (Å²) in [6.45, 7) is 1.29. The molecule has 1 amide bonds. The number of halogens is 3. The van der Waals surface area contributed by atoms with Gasteiger partial charge < -0.3 is 15.0 Å². The predicted octanol–water partition coefficient (Wildman–Crippen LogP) is 3.32. The number of aromatic amines is 1. The Labute approximate surface area is 198 Å². The Morgan fingerprint density at radius 2 is 2.03 bits per heavy atom. The van der Waals surface area contributed by atoms with E-state index in [2.05, 4.69) is 25.0 Å². The highest BCUT2D eigenvalue weighted by molar-refractivity contribution is 5.92. The zero-order valence-electron chi connectivity index (χ0n) is 19.4. The Hall–Kier alpha value is -3.73. The molecule has 0 atom stereocenters. The molecule has 0 saturated carbocycles. The molecular formula is C24H24F3N5O3. The fourth-order valence-corrected chi connectivity index (χ4v) is 4.12. The fourth-order valence-electron chi connectivity index (χ4n) is 4.12. The van der Waals surface area contributed by atoms with Crippen LogP contribution in [0.1, 0.15) is 39.4 Å². The first-order valence-electron chi connectivity index (χ1n) is 11.0. The molecule has 8 nitrogen and oxygen atoms in total. The first-order valence-corrected chi connectivity index (χ1v) is 11.0. The predicted molar refractivity (Wildman–Crippen MR) is 124 cm³/mol. The summed E-state index contributed by atoms with van der Waals surface area (Å²) in [5.74, 6) is -1.29. The Morgan fingerprint density at radius 3 is 2.66 bits per heavy atom. The Bertz CT molecular complexity index is 1390. The van der Waals surface area contributed by atoms with Crippen molar-refractivity contribution in [2.24, 2.45) is 0 Å². The van der Waals surface area contributed by atoms with Crippen LogP contribution in [0.3, 0.4) is 0 Å². The molecule has 3 heterocycles. The Balaban J connectivity index is 1.59. The Morgan fingerprint density at radius 1 is 1.26 bits per heavy atom. The number of aromatic nitrogens is 3. The lowest BCUT2D eigenvalue weighted by molar-refractivity contribution is -0.0490. The lowest BCUT2D eigenvalue weighted by Crippen LogP contribution is -2.29. The van der Waals surface area contributed by atoms with E-state index < -0.39 is 18.0 Å². The number of amides is 1. The molecule has 0 aliphatic carbocycles. The van der Waals surface area contributed by atoms with Crippen LogP contribution in [0.25, 0.3) is 16.6 Å². The third kappa shape index (κ3) is 5.04. The van der Waals surface area contributed by atoms with Crippen molar-refractivity contribution in [2.45, 2.75) is 33.4 Å². The number of hydrogen-bond acceptors (Lipinski definition) is 6. The minimum atomic E-state index is -3.13. The molecule has 184 valence electrons. The summed E-state index contributed by atoms with van der Waals surface area (Å²) in [6.07, 6.45) is 2.64. The zero-order valence-corrected chi connectivity index (χ0v) is 19.4. The number of aryl methyl sites for hydroxylation is 2. The van der Waals surface area contributed by atoms with Crippen molar-refractivity contribution >= 4 is 22.5 Å². The third-order valence-corrected chi connectivity index (χ3v) is 5.92. The molecular weight excluding hydrogens is 463 g/mol. The molecule has 0 spiro atoms. The van der Waals surface area contributed by atoms with Gasteiger partial charge in [0.25, 0.3) is 11.5 Å². The van der Waals surface area contributed by atoms with Gasteiger partial charge in [-0.15, -0.1) is 0 Å². The van der Waals surface area contributed by atoms with Gasteiger partial charge in [0.15, 0.2) is 11.6 Å². The van der Waals surface area contributed by atoms with Gasteiger partial charge in [0.05, 0.1) is 0 Å². The van der Waals surface area contributed by atoms with Gasteiger partial charge in [0.2, 0.25) is 0 Å². The van der Waals surface area contributed by atoms with Gasteiger partial charge >= 0.3 is 6.61 Å². The second-order valence-corrected chi connectivity index (χ2v) is 8.22. The molecule has 3 aromatic rings. The number of ether oxygens (including phenoxy) is 1. The number of benzene rings is 1. The number of carbonyl (C=O) groups is 1. The molecule has 1 aromatic carbocycles. The molecule has 1 aliphatic heterocycles. The van der Waals surface area contributed by atoms with Crippen LogP contribution in [0.2, 0.25) is 0 Å². The summed E-state index contributed by atoms with van der Waals surface area (Å²) in [6, 6.07) is 4.73. The number of rotatable bonds is 6. The molecule has 1 aliphatic rings. The SMILES string of the molecule is CNC(=O)c1ccc(C2=CCN(Cc3cc(OC(F)F)c4nc(C)c(=O)[nH]c4c3F)CC2)c(C)n1. The highest BCUT2D eigenvalue weighted by Crippen LogP contribution is 2.31. The second kappa shape index (κ2) is 9.87. The molecule has 0 saturated heterocycles. The van der Waals surface area contributed by atoms with Crippen molar-refractivity contribution in [3.8, 4) is 5.75 Å². The number of nitrogens with one attached hydrogen (secondary N) is 2. The normalized spacial score (nSPS) is 14.3. The molecule has 2 aromatic heterocycles. The van der Waals surface area contributed by atoms with Crippen LogP contribution in [-0.4, -0.2) is 52.5 Å². The van der Waals surface area contributed by atoms with E-state index in [1.54, 1.807) is 13.1 Å². The first kappa shape index (κ1) is 24.4. The maximum Gasteiger partial charge on any atom is 0.387 e. The van der Waals surface area contributed by atoms with Crippen molar-refractivity contribution < 1.29 is 22.7 Å². The van der Waals surface area contributed by atoms with E-state index in [1.165, 1.54) is 13.0 Å². The summed E-state index contributed by atoms with van der Waals surface area (Å²) in [5.41, 5.74) is 2.15. The first-order chi connectivity index (χ1) is 16.7. The van der Waals surface area contributed by atoms with Crippen LogP contribution < -0.4 is 15.6 Å². The number of fused-ring (bicyclic) bond motifs is 1. The Kier molecular flexibility index (Phi) is 6.88. The summed E-state index contributed by atoms with van der Waals surface area (Å²) in [4.78, 5) is 36.4. The van der Waals surface area contributed by atoms with Gasteiger partial charge in [-0.25, -0.2) is 14.4 Å². The van der Waals surface area contributed by atoms with Crippen LogP contribution in [0.15, 0.2) is 29.1 Å². The topological polar surface area (TPSA) is 100 Å². The van der Waals surface area contributed by atoms with Crippen LogP contribution in [0, 0.1) is 19.7 Å². The lowest BCUT2D eigenvalue weighted by Gasteiger charge is -2.27. The minimum Gasteiger partial charge on any atom is -0.432 e. The molecule has 2 N–H and O–H groups in total. The van der Waals surface area contributed by atoms with Crippen LogP contribution >= 0.6 is 0 Å². The van der Waals surface area contributed by atoms with E-state index in [0.717, 1.165) is 16.8 Å². The molecule has 0 bridgehead atoms. The molecule has 0 radical (unpaired) electrons. The monoisotopic (exact) mass is 487 g/mol. The fraction of sp³-hybridized carbons (Fsp3) is 0.333. The maximum atomic E-state index is 15.2. The highest BCUT2D eigenvalue weighted by atomic mass is 19.3. The largest absolute Gasteiger partial charge is 0.432 e. The van der Waals surface area contributed by atoms with Crippen molar-refractivity contribution in [3.05, 3.63) is 68.7 Å². The van der Waals surface area contributed by atoms with Gasteiger partial charge in [-0.2, -0.15) is 8.78 Å². The van der Waals surface area contributed by atoms with Crippen molar-refractivity contribution in [1.82, 2.24) is 25.2 Å². The molecule has 4 rings (SSSR count). The number of nitrogens with zero attached hydrogens (tertiary/aromatic N) is 3. The molecule has 35 heavy (non-hydrogen) atoms. The van der Waals surface area contributed by atoms with Gasteiger partial charge in [0, 0.05) is 37.9 Å². The zero-order chi connectivity index (χ0) is 25.3. The summed E-state index contributed by atoms with van der Waals surface area (Å²) < 4.78 is 45.8. The van der Waals surface area contributed by atoms with Crippen molar-refractivity contribution in [3.63, 3.8) is 0 Å². The molecule has 11 heteroatoms. The minimum absolute atomic E-state index is 0.0191. The van der Waals surface area contributed by atoms with Crippen LogP contribution in [-0.2, 0) is 6.54 Å². The van der Waals surface area contributed by atoms with Crippen molar-refractivity contribution in [1.29, 1.82) is 0 Å². The number of carbonyl (C=O) groups excluding carboxylic acids is 1. The van der Waals surface area contributed by atoms with E-state index >= 15 is 4.39 Å². The molecule has 0 unspecified atom stereocenters. The highest BCUT2D eigenvalue weighted by Gasteiger charge is 2.22. The van der Waals surface area contributed by atoms with Gasteiger partial charge in [0.1, 0.15) is 22.4 Å². The van der Waals surface area contributed by atoms with E-state index in [9.17, 15) is 18.4 Å². The van der Waals surface area contributed by atoms with E-state index in [4.69, 9.17) is 0 Å². The van der Waals surface area contributed by atoms with Crippen molar-refractivity contribution in [2.75, 3.05) is 20.1 Å². The van der Waals surface area contributed by atoms with E-state index in [-0.39, 0.29) is 40.5 Å².